The highest BCUT2D eigenvalue weighted by molar-refractivity contribution is 8.14. The fourth-order valence-corrected chi connectivity index (χ4v) is 7.34. The summed E-state index contributed by atoms with van der Waals surface area (Å²) in [5.41, 5.74) is 0. The van der Waals surface area contributed by atoms with Crippen molar-refractivity contribution >= 4 is 16.8 Å². The second-order valence-electron chi connectivity index (χ2n) is 13.3. The van der Waals surface area contributed by atoms with Crippen LogP contribution in [0.4, 0.5) is 0 Å². The number of hydrogen-bond donors (Lipinski definition) is 0. The van der Waals surface area contributed by atoms with Gasteiger partial charge in [-0.05, 0) is 49.4 Å². The maximum Gasteiger partial charge on any atom is 0.109 e. The van der Waals surface area contributed by atoms with Gasteiger partial charge in [-0.25, -0.2) is 0 Å². The summed E-state index contributed by atoms with van der Waals surface area (Å²) in [6.45, 7) is 26.0. The van der Waals surface area contributed by atoms with Gasteiger partial charge in [0, 0.05) is 32.7 Å². The Hall–Kier alpha value is -0.260. The molecule has 0 aliphatic carbocycles. The molecule has 41 heavy (non-hydrogen) atoms. The summed E-state index contributed by atoms with van der Waals surface area (Å²) in [6.07, 6.45) is 21.4. The zero-order valence-corrected chi connectivity index (χ0v) is 30.1. The zero-order chi connectivity index (χ0) is 30.3. The van der Waals surface area contributed by atoms with Crippen molar-refractivity contribution in [1.29, 1.82) is 0 Å². The number of rotatable bonds is 28. The predicted octanol–water partition coefficient (Wildman–Crippen LogP) is 10.7. The van der Waals surface area contributed by atoms with Crippen molar-refractivity contribution < 1.29 is 0 Å². The molecule has 0 N–H and O–H groups in total. The highest BCUT2D eigenvalue weighted by Crippen LogP contribution is 2.25. The predicted molar refractivity (Wildman–Crippen MR) is 188 cm³/mol. The van der Waals surface area contributed by atoms with E-state index in [-0.39, 0.29) is 0 Å². The van der Waals surface area contributed by atoms with Crippen molar-refractivity contribution in [2.45, 2.75) is 158 Å². The molecule has 1 rings (SSSR count). The molecular formula is C36H74N4S. The SMILES string of the molecule is CCCCC(CC)CN(CC1=NN(CN(CC(CC)CCCC)CC(CC)CCCC)CS1)CC(CC)CCCC. The Morgan fingerprint density at radius 3 is 1.29 bits per heavy atom. The molecule has 244 valence electrons. The van der Waals surface area contributed by atoms with Crippen molar-refractivity contribution in [2.24, 2.45) is 28.8 Å². The molecule has 0 spiro atoms. The van der Waals surface area contributed by atoms with Crippen LogP contribution in [0.5, 0.6) is 0 Å². The molecule has 0 aromatic heterocycles. The lowest BCUT2D eigenvalue weighted by Gasteiger charge is -2.32. The number of hydrogen-bond acceptors (Lipinski definition) is 5. The van der Waals surface area contributed by atoms with E-state index < -0.39 is 0 Å². The molecule has 0 aromatic rings. The van der Waals surface area contributed by atoms with Crippen LogP contribution in [0.15, 0.2) is 5.10 Å². The Morgan fingerprint density at radius 1 is 0.585 bits per heavy atom. The summed E-state index contributed by atoms with van der Waals surface area (Å²) in [5.74, 6) is 4.30. The summed E-state index contributed by atoms with van der Waals surface area (Å²) in [4.78, 5) is 5.59. The number of unbranched alkanes of at least 4 members (excludes halogenated alkanes) is 4. The summed E-state index contributed by atoms with van der Waals surface area (Å²) in [7, 11) is 0. The molecule has 0 aromatic carbocycles. The Bertz CT molecular complexity index is 591. The lowest BCUT2D eigenvalue weighted by Crippen LogP contribution is -2.40. The van der Waals surface area contributed by atoms with Crippen molar-refractivity contribution in [2.75, 3.05) is 45.3 Å². The maximum atomic E-state index is 5.28. The van der Waals surface area contributed by atoms with Gasteiger partial charge < -0.3 is 0 Å². The Kier molecular flexibility index (Phi) is 23.7. The van der Waals surface area contributed by atoms with Gasteiger partial charge in [0.25, 0.3) is 0 Å². The van der Waals surface area contributed by atoms with Crippen LogP contribution in [0.25, 0.3) is 0 Å². The minimum Gasteiger partial charge on any atom is -0.296 e. The molecule has 1 aliphatic heterocycles. The molecule has 0 bridgehead atoms. The van der Waals surface area contributed by atoms with E-state index in [1.807, 2.05) is 11.8 Å². The molecule has 0 amide bonds. The van der Waals surface area contributed by atoms with Gasteiger partial charge in [0.05, 0.1) is 12.5 Å². The van der Waals surface area contributed by atoms with Crippen molar-refractivity contribution in [3.8, 4) is 0 Å². The average molecular weight is 595 g/mol. The quantitative estimate of drug-likeness (QED) is 0.0898. The van der Waals surface area contributed by atoms with Crippen LogP contribution in [0, 0.1) is 23.7 Å². The molecular weight excluding hydrogens is 520 g/mol. The van der Waals surface area contributed by atoms with E-state index in [0.29, 0.717) is 0 Å². The van der Waals surface area contributed by atoms with Gasteiger partial charge >= 0.3 is 0 Å². The summed E-state index contributed by atoms with van der Waals surface area (Å²) < 4.78 is 0. The zero-order valence-electron chi connectivity index (χ0n) is 29.3. The first-order chi connectivity index (χ1) is 20.0. The summed E-state index contributed by atoms with van der Waals surface area (Å²) in [5, 5.41) is 9.04. The third-order valence-electron chi connectivity index (χ3n) is 9.59. The van der Waals surface area contributed by atoms with Crippen molar-refractivity contribution in [3.05, 3.63) is 0 Å². The molecule has 0 saturated heterocycles. The summed E-state index contributed by atoms with van der Waals surface area (Å²) >= 11 is 2.01. The second kappa shape index (κ2) is 25.1. The number of thioether (sulfide) groups is 1. The fraction of sp³-hybridized carbons (Fsp3) is 0.972. The first kappa shape index (κ1) is 38.8. The molecule has 1 aliphatic rings. The molecule has 0 saturated carbocycles. The van der Waals surface area contributed by atoms with Crippen LogP contribution in [0.1, 0.15) is 158 Å². The van der Waals surface area contributed by atoms with E-state index in [2.05, 4.69) is 70.2 Å². The fourth-order valence-electron chi connectivity index (χ4n) is 6.46. The number of nitrogens with zero attached hydrogens (tertiary/aromatic N) is 4. The van der Waals surface area contributed by atoms with Gasteiger partial charge in [-0.15, -0.1) is 0 Å². The van der Waals surface area contributed by atoms with E-state index in [4.69, 9.17) is 5.10 Å². The topological polar surface area (TPSA) is 22.1 Å². The van der Waals surface area contributed by atoms with Gasteiger partial charge in [0.15, 0.2) is 0 Å². The lowest BCUT2D eigenvalue weighted by atomic mass is 9.96. The van der Waals surface area contributed by atoms with Crippen LogP contribution in [-0.2, 0) is 0 Å². The molecule has 5 heteroatoms. The molecule has 0 radical (unpaired) electrons. The second-order valence-corrected chi connectivity index (χ2v) is 14.3. The van der Waals surface area contributed by atoms with E-state index in [1.54, 1.807) is 0 Å². The summed E-state index contributed by atoms with van der Waals surface area (Å²) in [6, 6.07) is 0. The maximum absolute atomic E-state index is 5.28. The molecule has 4 nitrogen and oxygen atoms in total. The Labute approximate surface area is 263 Å². The third kappa shape index (κ3) is 17.6. The molecule has 0 fully saturated rings. The van der Waals surface area contributed by atoms with E-state index >= 15 is 0 Å². The van der Waals surface area contributed by atoms with E-state index in [1.165, 1.54) is 134 Å². The smallest absolute Gasteiger partial charge is 0.109 e. The van der Waals surface area contributed by atoms with Gasteiger partial charge in [-0.2, -0.15) is 5.10 Å². The first-order valence-electron chi connectivity index (χ1n) is 18.4. The van der Waals surface area contributed by atoms with E-state index in [0.717, 1.165) is 42.8 Å². The van der Waals surface area contributed by atoms with Crippen LogP contribution >= 0.6 is 11.8 Å². The van der Waals surface area contributed by atoms with Crippen LogP contribution in [-0.4, -0.2) is 65.1 Å². The van der Waals surface area contributed by atoms with Gasteiger partial charge in [-0.3, -0.25) is 14.8 Å². The van der Waals surface area contributed by atoms with Crippen molar-refractivity contribution in [1.82, 2.24) is 14.8 Å². The van der Waals surface area contributed by atoms with Gasteiger partial charge in [-0.1, -0.05) is 144 Å². The highest BCUT2D eigenvalue weighted by atomic mass is 32.2. The van der Waals surface area contributed by atoms with Crippen LogP contribution in [0.2, 0.25) is 0 Å². The molecule has 4 atom stereocenters. The van der Waals surface area contributed by atoms with Crippen molar-refractivity contribution in [3.63, 3.8) is 0 Å². The number of hydrazone groups is 1. The molecule has 4 unspecified atom stereocenters. The Balaban J connectivity index is 2.96. The lowest BCUT2D eigenvalue weighted by molar-refractivity contribution is 0.109. The van der Waals surface area contributed by atoms with Gasteiger partial charge in [0.2, 0.25) is 0 Å². The van der Waals surface area contributed by atoms with E-state index in [9.17, 15) is 0 Å². The monoisotopic (exact) mass is 595 g/mol. The van der Waals surface area contributed by atoms with Crippen LogP contribution in [0.3, 0.4) is 0 Å². The highest BCUT2D eigenvalue weighted by Gasteiger charge is 2.25. The minimum absolute atomic E-state index is 0.816. The average Bonchev–Trinajstić information content (AvgIpc) is 3.43. The van der Waals surface area contributed by atoms with Crippen LogP contribution < -0.4 is 0 Å². The third-order valence-corrected chi connectivity index (χ3v) is 10.6. The largest absolute Gasteiger partial charge is 0.296 e. The minimum atomic E-state index is 0.816. The Morgan fingerprint density at radius 2 is 0.951 bits per heavy atom. The molecule has 1 heterocycles. The van der Waals surface area contributed by atoms with Gasteiger partial charge in [0.1, 0.15) is 5.04 Å². The standard InChI is InChI=1S/C36H74N4S/c1-9-17-21-32(13-5)25-38(26-33(14-6)22-18-10-2)29-36-37-40(31-41-36)30-39(27-34(15-7)23-19-11-3)28-35(16-8)24-20-12-4/h32-35H,9-31H2,1-8H3. The normalized spacial score (nSPS) is 16.9. The first-order valence-corrected chi connectivity index (χ1v) is 19.3.